The number of alkyl halides is 12. The highest BCUT2D eigenvalue weighted by Crippen LogP contribution is 2.35. The van der Waals surface area contributed by atoms with E-state index in [1.807, 2.05) is 5.92 Å². The number of halogens is 12. The number of carbonyl (C=O) groups excluding carboxylic acids is 2. The monoisotopic (exact) mass is 1160 g/mol. The smallest absolute Gasteiger partial charge is 0.416 e. The number of aryl methyl sites for hydroxylation is 4. The van der Waals surface area contributed by atoms with Crippen molar-refractivity contribution in [3.63, 3.8) is 0 Å². The quantitative estimate of drug-likeness (QED) is 0.0221. The maximum absolute atomic E-state index is 12.9. The number of rotatable bonds is 7. The first-order chi connectivity index (χ1) is 36.9. The molecule has 0 unspecified atom stereocenters. The Bertz CT molecular complexity index is 3070. The van der Waals surface area contributed by atoms with Gasteiger partial charge in [0.15, 0.2) is 11.6 Å². The second-order valence-corrected chi connectivity index (χ2v) is 16.6. The zero-order valence-corrected chi connectivity index (χ0v) is 44.6. The first-order valence-corrected chi connectivity index (χ1v) is 22.8. The van der Waals surface area contributed by atoms with Crippen molar-refractivity contribution in [1.82, 2.24) is 29.9 Å². The van der Waals surface area contributed by atoms with Gasteiger partial charge in [-0.2, -0.15) is 63.0 Å². The molecule has 432 valence electrons. The molecule has 6 rings (SSSR count). The number of ether oxygens (including phenoxy) is 2. The van der Waals surface area contributed by atoms with E-state index in [1.54, 1.807) is 66.7 Å². The molecule has 28 heteroatoms. The number of carboxylic acid groups (broad SMARTS) is 1. The Morgan fingerprint density at radius 3 is 1.52 bits per heavy atom. The molecular weight excluding hydrogens is 1110 g/mol. The molecule has 0 aliphatic heterocycles. The number of terminal acetylenes is 1. The van der Waals surface area contributed by atoms with Crippen LogP contribution in [0.3, 0.4) is 0 Å². The summed E-state index contributed by atoms with van der Waals surface area (Å²) in [6, 6.07) is 15.9. The number of benzene rings is 4. The van der Waals surface area contributed by atoms with E-state index in [4.69, 9.17) is 32.1 Å². The lowest BCUT2D eigenvalue weighted by Crippen LogP contribution is -2.12. The summed E-state index contributed by atoms with van der Waals surface area (Å²) in [4.78, 5) is 37.7. The van der Waals surface area contributed by atoms with Gasteiger partial charge < -0.3 is 26.0 Å². The van der Waals surface area contributed by atoms with Gasteiger partial charge in [0.1, 0.15) is 17.6 Å². The van der Waals surface area contributed by atoms with Crippen LogP contribution in [0.2, 0.25) is 0 Å². The van der Waals surface area contributed by atoms with Gasteiger partial charge in [0.25, 0.3) is 6.47 Å². The second-order valence-electron chi connectivity index (χ2n) is 16.2. The van der Waals surface area contributed by atoms with E-state index in [-0.39, 0.29) is 46.2 Å². The third kappa shape index (κ3) is 27.6. The number of aromatic amines is 1. The Kier molecular flexibility index (Phi) is 29.4. The van der Waals surface area contributed by atoms with Crippen LogP contribution in [0.4, 0.5) is 52.7 Å². The molecule has 15 nitrogen and oxygen atoms in total. The van der Waals surface area contributed by atoms with Crippen LogP contribution in [0.1, 0.15) is 83.3 Å². The van der Waals surface area contributed by atoms with Crippen molar-refractivity contribution in [2.24, 2.45) is 11.5 Å². The van der Waals surface area contributed by atoms with Crippen molar-refractivity contribution < 1.29 is 81.6 Å². The van der Waals surface area contributed by atoms with E-state index < -0.39 is 58.9 Å². The van der Waals surface area contributed by atoms with E-state index in [0.29, 0.717) is 33.6 Å². The zero-order chi connectivity index (χ0) is 61.9. The minimum absolute atomic E-state index is 0.0285. The molecule has 0 bridgehead atoms. The van der Waals surface area contributed by atoms with Crippen molar-refractivity contribution in [2.45, 2.75) is 92.3 Å². The van der Waals surface area contributed by atoms with E-state index >= 15 is 0 Å². The van der Waals surface area contributed by atoms with Crippen molar-refractivity contribution in [2.75, 3.05) is 7.05 Å². The summed E-state index contributed by atoms with van der Waals surface area (Å²) in [5.74, 6) is 1.15. The Labute approximate surface area is 456 Å². The normalized spacial score (nSPS) is 10.8. The van der Waals surface area contributed by atoms with Gasteiger partial charge >= 0.3 is 36.6 Å². The highest BCUT2D eigenvalue weighted by Gasteiger charge is 2.33. The molecule has 0 radical (unpaired) electrons. The van der Waals surface area contributed by atoms with Gasteiger partial charge in [0, 0.05) is 34.9 Å². The largest absolute Gasteiger partial charge is 0.483 e. The minimum Gasteiger partial charge on any atom is -0.483 e. The molecule has 2 aromatic heterocycles. The van der Waals surface area contributed by atoms with Crippen molar-refractivity contribution in [3.05, 3.63) is 147 Å². The molecule has 0 saturated carbocycles. The summed E-state index contributed by atoms with van der Waals surface area (Å²) in [5.41, 5.74) is 9.63. The van der Waals surface area contributed by atoms with Crippen LogP contribution in [0, 0.1) is 51.4 Å². The van der Waals surface area contributed by atoms with Crippen LogP contribution < -0.4 is 11.5 Å². The first kappa shape index (κ1) is 71.4. The molecule has 80 heavy (non-hydrogen) atoms. The minimum atomic E-state index is -4.44. The fourth-order valence-electron chi connectivity index (χ4n) is 5.74. The molecule has 4 aromatic carbocycles. The molecule has 6 aromatic rings. The number of carbonyl (C=O) groups is 3. The van der Waals surface area contributed by atoms with Crippen LogP contribution in [-0.4, -0.2) is 77.7 Å². The Hall–Kier alpha value is -8.63. The summed E-state index contributed by atoms with van der Waals surface area (Å²) in [7, 11) is 1.50. The van der Waals surface area contributed by atoms with Crippen molar-refractivity contribution in [1.29, 1.82) is 5.26 Å². The number of esters is 2. The molecule has 2 heterocycles. The molecule has 0 aliphatic rings. The van der Waals surface area contributed by atoms with Crippen molar-refractivity contribution >= 4 is 41.8 Å². The number of nitrogens with zero attached hydrogens (tertiary/aromatic N) is 6. The molecule has 6 N–H and O–H groups in total. The number of H-pyrrole nitrogens is 1. The van der Waals surface area contributed by atoms with Crippen LogP contribution in [-0.2, 0) is 48.6 Å². The van der Waals surface area contributed by atoms with Crippen molar-refractivity contribution in [3.8, 4) is 41.2 Å². The fraction of sp³-hybridized carbons (Fsp3) is 0.288. The maximum Gasteiger partial charge on any atom is 0.416 e. The number of nitrogens with one attached hydrogen (secondary N) is 1. The Morgan fingerprint density at radius 1 is 0.700 bits per heavy atom. The fourth-order valence-corrected chi connectivity index (χ4v) is 5.86. The highest BCUT2D eigenvalue weighted by atomic mass is 32.1. The number of aromatic nitrogens is 6. The summed E-state index contributed by atoms with van der Waals surface area (Å²) in [5, 5.41) is 25.5. The molecule has 0 amide bonds. The summed E-state index contributed by atoms with van der Waals surface area (Å²) in [6.07, 6.45) is -8.15. The zero-order valence-electron chi connectivity index (χ0n) is 43.8. The molecule has 0 aliphatic carbocycles. The maximum atomic E-state index is 12.9. The second kappa shape index (κ2) is 33.0. The van der Waals surface area contributed by atoms with Crippen LogP contribution in [0.5, 0.6) is 0 Å². The van der Waals surface area contributed by atoms with Gasteiger partial charge in [-0.3, -0.25) is 9.89 Å². The highest BCUT2D eigenvalue weighted by molar-refractivity contribution is 7.80. The van der Waals surface area contributed by atoms with Gasteiger partial charge in [-0.05, 0) is 157 Å². The first-order valence-electron chi connectivity index (χ1n) is 22.4. The number of hydrogen-bond acceptors (Lipinski definition) is 12. The molecule has 0 saturated heterocycles. The predicted octanol–water partition coefficient (Wildman–Crippen LogP) is 11.9. The molecule has 0 spiro atoms. The Balaban J connectivity index is 0.000000991. The molecular formula is C52H53F12N9O6S. The molecule has 0 fully saturated rings. The lowest BCUT2D eigenvalue weighted by molar-refractivity contribution is -0.141. The summed E-state index contributed by atoms with van der Waals surface area (Å²) < 4.78 is 160. The predicted molar refractivity (Wildman–Crippen MR) is 275 cm³/mol. The lowest BCUT2D eigenvalue weighted by atomic mass is 10.1. The van der Waals surface area contributed by atoms with Gasteiger partial charge in [0.2, 0.25) is 0 Å². The van der Waals surface area contributed by atoms with Gasteiger partial charge in [-0.15, -0.1) is 11.5 Å². The van der Waals surface area contributed by atoms with Crippen LogP contribution in [0.25, 0.3) is 29.0 Å². The van der Waals surface area contributed by atoms with Gasteiger partial charge in [0.05, 0.1) is 46.1 Å². The average molecular weight is 1160 g/mol. The third-order valence-corrected chi connectivity index (χ3v) is 8.90. The average Bonchev–Trinajstić information content (AvgIpc) is 4.07. The summed E-state index contributed by atoms with van der Waals surface area (Å²) >= 11 is 4.61. The third-order valence-electron chi connectivity index (χ3n) is 8.66. The summed E-state index contributed by atoms with van der Waals surface area (Å²) in [6.45, 7) is 12.9. The standard InChI is InChI=1S/C16H16F3N3O2.C10H8F3N3.C9H8F3NS.C9H6F3N.C6H8O2.CH5N.CH2O2/c1-10(2)24-14(23)4-5-22-9-20-15(21-22)12-6-11(3)7-13(8-12)16(17,18)19;1-6-2-7(9-14-5-15-16-9)4-8(3-6)10(11,12)13;1-5-2-6(8(13)14)4-7(3-5)9(10,11)12;1-6-2-7(5-13)4-8(3-6)9(10,11)12;1-4-6(7)8-5(2)3;1-2;2-1-3/h4-10H,1-3H3;2-5H,1H3,(H,14,15,16);2-4H,1H3,(H2,13,14);2-4H,1H3;1,5H,2-3H3;2H2,1H3;1H,(H,2,3)/b5-4-;;;;;;. The van der Waals surface area contributed by atoms with E-state index in [0.717, 1.165) is 54.6 Å². The molecule has 0 atom stereocenters. The van der Waals surface area contributed by atoms with E-state index in [9.17, 15) is 62.3 Å². The van der Waals surface area contributed by atoms with E-state index in [2.05, 4.69) is 48.0 Å². The number of nitriles is 1. The van der Waals surface area contributed by atoms with Crippen LogP contribution in [0.15, 0.2) is 91.5 Å². The SMILES string of the molecule is C#CC(=O)OC(C)C.CN.Cc1cc(-c2ncn(/C=C\C(=O)OC(C)C)n2)cc(C(F)(F)F)c1.Cc1cc(-c2ncn[nH]2)cc(C(F)(F)F)c1.Cc1cc(C#N)cc(C(F)(F)F)c1.Cc1cc(C(N)=S)cc(C(F)(F)F)c1.O=CO. The van der Waals surface area contributed by atoms with Gasteiger partial charge in [-0.25, -0.2) is 24.2 Å². The lowest BCUT2D eigenvalue weighted by Gasteiger charge is -2.09. The number of nitrogens with two attached hydrogens (primary N) is 2. The topological polar surface area (TPSA) is 238 Å². The van der Waals surface area contributed by atoms with E-state index in [1.165, 1.54) is 49.6 Å². The van der Waals surface area contributed by atoms with Gasteiger partial charge in [-0.1, -0.05) is 12.2 Å². The van der Waals surface area contributed by atoms with Crippen LogP contribution >= 0.6 is 12.2 Å². The number of thiocarbonyl (C=S) groups is 1. The number of hydrogen-bond donors (Lipinski definition) is 4. The Morgan fingerprint density at radius 2 is 1.12 bits per heavy atom.